The molecule has 10 nitrogen and oxygen atoms in total. The summed E-state index contributed by atoms with van der Waals surface area (Å²) < 4.78 is 15.0. The van der Waals surface area contributed by atoms with Gasteiger partial charge >= 0.3 is 18.0 Å². The van der Waals surface area contributed by atoms with Crippen molar-refractivity contribution in [3.8, 4) is 5.75 Å². The average molecular weight is 400 g/mol. The molecule has 11 heteroatoms. The fourth-order valence-electron chi connectivity index (χ4n) is 2.33. The lowest BCUT2D eigenvalue weighted by Crippen LogP contribution is -2.53. The van der Waals surface area contributed by atoms with E-state index < -0.39 is 35.6 Å². The molecule has 2 heterocycles. The number of aromatic carboxylic acids is 1. The summed E-state index contributed by atoms with van der Waals surface area (Å²) in [5, 5.41) is 13.1. The lowest BCUT2D eigenvalue weighted by atomic mass is 10.2. The van der Waals surface area contributed by atoms with Gasteiger partial charge in [-0.2, -0.15) is 0 Å². The molecule has 0 unspecified atom stereocenters. The van der Waals surface area contributed by atoms with Crippen LogP contribution in [0.2, 0.25) is 0 Å². The number of rotatable bonds is 5. The van der Waals surface area contributed by atoms with E-state index in [1.165, 1.54) is 5.38 Å². The van der Waals surface area contributed by atoms with Crippen molar-refractivity contribution in [1.29, 1.82) is 0 Å². The normalized spacial score (nSPS) is 14.7. The number of nitrogens with one attached hydrogen (secondary N) is 1. The zero-order chi connectivity index (χ0) is 20.4. The van der Waals surface area contributed by atoms with Crippen LogP contribution in [0.4, 0.5) is 10.5 Å². The van der Waals surface area contributed by atoms with Gasteiger partial charge in [0.25, 0.3) is 5.91 Å². The standard InChI is InChI=1S/C16H20N2O8S/c1-16(2,3)26-15(23)17-8(14(22)24-4)5-18-10(19)6-25-9-7-27-12(11(9)18)13(20)21/h7-8H,5-6H2,1-4H3,(H,17,23)(H,20,21)/t8-/m0/s1. The number of amides is 2. The lowest BCUT2D eigenvalue weighted by molar-refractivity contribution is -0.142. The number of esters is 1. The number of thiophene rings is 1. The summed E-state index contributed by atoms with van der Waals surface area (Å²) in [7, 11) is 1.13. The van der Waals surface area contributed by atoms with Gasteiger partial charge in [-0.1, -0.05) is 0 Å². The summed E-state index contributed by atoms with van der Waals surface area (Å²) in [4.78, 5) is 48.8. The Morgan fingerprint density at radius 1 is 1.41 bits per heavy atom. The van der Waals surface area contributed by atoms with Gasteiger partial charge in [-0.3, -0.25) is 4.79 Å². The van der Waals surface area contributed by atoms with Crippen LogP contribution in [-0.4, -0.2) is 60.9 Å². The molecule has 0 aromatic carbocycles. The highest BCUT2D eigenvalue weighted by atomic mass is 32.1. The predicted molar refractivity (Wildman–Crippen MR) is 94.3 cm³/mol. The second-order valence-corrected chi connectivity index (χ2v) is 7.48. The van der Waals surface area contributed by atoms with Gasteiger partial charge in [-0.25, -0.2) is 14.4 Å². The number of alkyl carbamates (subject to hydrolysis) is 1. The smallest absolute Gasteiger partial charge is 0.408 e. The van der Waals surface area contributed by atoms with Gasteiger partial charge in [-0.15, -0.1) is 11.3 Å². The largest absolute Gasteiger partial charge is 0.481 e. The van der Waals surface area contributed by atoms with Gasteiger partial charge in [0.2, 0.25) is 0 Å². The third kappa shape index (κ3) is 4.88. The molecule has 2 N–H and O–H groups in total. The van der Waals surface area contributed by atoms with E-state index in [0.717, 1.165) is 23.3 Å². The van der Waals surface area contributed by atoms with Gasteiger partial charge in [0.05, 0.1) is 13.7 Å². The molecule has 0 aliphatic carbocycles. The first-order chi connectivity index (χ1) is 12.5. The number of hydrogen-bond acceptors (Lipinski definition) is 8. The van der Waals surface area contributed by atoms with Gasteiger partial charge in [-0.05, 0) is 20.8 Å². The van der Waals surface area contributed by atoms with Crippen LogP contribution < -0.4 is 15.0 Å². The second kappa shape index (κ2) is 7.82. The van der Waals surface area contributed by atoms with Crippen molar-refractivity contribution in [2.45, 2.75) is 32.4 Å². The highest BCUT2D eigenvalue weighted by Gasteiger charge is 2.36. The third-order valence-electron chi connectivity index (χ3n) is 3.39. The Kier molecular flexibility index (Phi) is 5.94. The highest BCUT2D eigenvalue weighted by Crippen LogP contribution is 2.40. The number of anilines is 1. The number of carbonyl (C=O) groups is 4. The maximum absolute atomic E-state index is 12.3. The molecule has 0 radical (unpaired) electrons. The zero-order valence-electron chi connectivity index (χ0n) is 15.2. The summed E-state index contributed by atoms with van der Waals surface area (Å²) in [6.07, 6.45) is -0.873. The van der Waals surface area contributed by atoms with E-state index in [1.54, 1.807) is 20.8 Å². The van der Waals surface area contributed by atoms with Crippen molar-refractivity contribution < 1.29 is 38.5 Å². The molecular formula is C16H20N2O8S. The SMILES string of the molecule is COC(=O)[C@H](CN1C(=O)COc2csc(C(=O)O)c21)NC(=O)OC(C)(C)C. The van der Waals surface area contributed by atoms with Crippen molar-refractivity contribution >= 4 is 41.0 Å². The van der Waals surface area contributed by atoms with E-state index in [4.69, 9.17) is 9.47 Å². The minimum absolute atomic E-state index is 0.0450. The van der Waals surface area contributed by atoms with Crippen LogP contribution in [0, 0.1) is 0 Å². The van der Waals surface area contributed by atoms with Gasteiger partial charge in [0, 0.05) is 5.38 Å². The fraction of sp³-hybridized carbons (Fsp3) is 0.500. The van der Waals surface area contributed by atoms with Crippen molar-refractivity contribution in [1.82, 2.24) is 5.32 Å². The lowest BCUT2D eigenvalue weighted by Gasteiger charge is -2.31. The van der Waals surface area contributed by atoms with E-state index in [-0.39, 0.29) is 29.5 Å². The number of fused-ring (bicyclic) bond motifs is 1. The minimum atomic E-state index is -1.26. The van der Waals surface area contributed by atoms with Crippen molar-refractivity contribution in [2.75, 3.05) is 25.2 Å². The van der Waals surface area contributed by atoms with Gasteiger partial charge in [0.1, 0.15) is 22.2 Å². The maximum atomic E-state index is 12.3. The van der Waals surface area contributed by atoms with Crippen molar-refractivity contribution in [3.63, 3.8) is 0 Å². The first kappa shape index (κ1) is 20.5. The van der Waals surface area contributed by atoms with Crippen LogP contribution in [0.5, 0.6) is 5.75 Å². The van der Waals surface area contributed by atoms with E-state index in [2.05, 4.69) is 10.1 Å². The number of carbonyl (C=O) groups excluding carboxylic acids is 3. The number of carboxylic acids is 1. The molecule has 1 aliphatic heterocycles. The first-order valence-electron chi connectivity index (χ1n) is 7.88. The number of ether oxygens (including phenoxy) is 3. The molecule has 0 spiro atoms. The predicted octanol–water partition coefficient (Wildman–Crippen LogP) is 1.24. The van der Waals surface area contributed by atoms with E-state index in [1.807, 2.05) is 0 Å². The molecule has 1 aliphatic rings. The number of methoxy groups -OCH3 is 1. The van der Waals surface area contributed by atoms with Gasteiger partial charge < -0.3 is 29.5 Å². The molecule has 1 aromatic rings. The molecule has 1 atom stereocenters. The third-order valence-corrected chi connectivity index (χ3v) is 4.33. The van der Waals surface area contributed by atoms with Crippen LogP contribution in [0.3, 0.4) is 0 Å². The molecule has 2 amide bonds. The maximum Gasteiger partial charge on any atom is 0.408 e. The summed E-state index contributed by atoms with van der Waals surface area (Å²) in [6.45, 7) is 4.31. The monoisotopic (exact) mass is 400 g/mol. The Bertz CT molecular complexity index is 767. The highest BCUT2D eigenvalue weighted by molar-refractivity contribution is 7.13. The second-order valence-electron chi connectivity index (χ2n) is 6.60. The van der Waals surface area contributed by atoms with Crippen LogP contribution in [0.15, 0.2) is 5.38 Å². The molecule has 27 heavy (non-hydrogen) atoms. The summed E-state index contributed by atoms with van der Waals surface area (Å²) in [6, 6.07) is -1.26. The molecule has 0 fully saturated rings. The number of nitrogens with zero attached hydrogens (tertiary/aromatic N) is 1. The summed E-state index contributed by atoms with van der Waals surface area (Å²) >= 11 is 0.896. The Labute approximate surface area is 159 Å². The van der Waals surface area contributed by atoms with Crippen LogP contribution in [0.25, 0.3) is 0 Å². The molecule has 1 aromatic heterocycles. The Balaban J connectivity index is 2.28. The average Bonchev–Trinajstić information content (AvgIpc) is 2.98. The van der Waals surface area contributed by atoms with Gasteiger partial charge in [0.15, 0.2) is 12.4 Å². The molecule has 2 rings (SSSR count). The van der Waals surface area contributed by atoms with E-state index >= 15 is 0 Å². The quantitative estimate of drug-likeness (QED) is 0.706. The first-order valence-corrected chi connectivity index (χ1v) is 8.76. The summed E-state index contributed by atoms with van der Waals surface area (Å²) in [5.74, 6) is -2.38. The molecular weight excluding hydrogens is 380 g/mol. The topological polar surface area (TPSA) is 131 Å². The van der Waals surface area contributed by atoms with E-state index in [9.17, 15) is 24.3 Å². The Hall–Kier alpha value is -2.82. The van der Waals surface area contributed by atoms with E-state index in [0.29, 0.717) is 0 Å². The molecule has 148 valence electrons. The zero-order valence-corrected chi connectivity index (χ0v) is 16.0. The Morgan fingerprint density at radius 3 is 2.63 bits per heavy atom. The minimum Gasteiger partial charge on any atom is -0.481 e. The molecule has 0 saturated heterocycles. The van der Waals surface area contributed by atoms with Crippen molar-refractivity contribution in [2.24, 2.45) is 0 Å². The molecule has 0 bridgehead atoms. The molecule has 0 saturated carbocycles. The Morgan fingerprint density at radius 2 is 2.07 bits per heavy atom. The van der Waals surface area contributed by atoms with Crippen LogP contribution >= 0.6 is 11.3 Å². The summed E-state index contributed by atoms with van der Waals surface area (Å²) in [5.41, 5.74) is -0.750. The number of hydrogen-bond donors (Lipinski definition) is 2. The number of carboxylic acid groups (broad SMARTS) is 1. The fourth-order valence-corrected chi connectivity index (χ4v) is 3.16. The van der Waals surface area contributed by atoms with Crippen LogP contribution in [0.1, 0.15) is 30.4 Å². The van der Waals surface area contributed by atoms with Crippen molar-refractivity contribution in [3.05, 3.63) is 10.3 Å². The van der Waals surface area contributed by atoms with Crippen LogP contribution in [-0.2, 0) is 19.1 Å².